The Kier molecular flexibility index (Phi) is 6.34. The van der Waals surface area contributed by atoms with E-state index in [0.29, 0.717) is 17.8 Å². The predicted octanol–water partition coefficient (Wildman–Crippen LogP) is 5.04. The number of hydrogen-bond donors (Lipinski definition) is 0. The molecule has 0 saturated carbocycles. The highest BCUT2D eigenvalue weighted by Crippen LogP contribution is 2.21. The summed E-state index contributed by atoms with van der Waals surface area (Å²) in [4.78, 5) is 15.2. The lowest BCUT2D eigenvalue weighted by atomic mass is 10.1. The average molecular weight is 375 g/mol. The van der Waals surface area contributed by atoms with Crippen molar-refractivity contribution in [2.45, 2.75) is 12.8 Å². The molecule has 1 amide bonds. The number of carbonyl (C=O) groups excluding carboxylic acids is 1. The summed E-state index contributed by atoms with van der Waals surface area (Å²) in [7, 11) is 1.62. The van der Waals surface area contributed by atoms with E-state index in [0.717, 1.165) is 22.6 Å². The number of carbonyl (C=O) groups is 1. The summed E-state index contributed by atoms with van der Waals surface area (Å²) < 4.78 is 5.21. The van der Waals surface area contributed by atoms with E-state index in [1.807, 2.05) is 84.9 Å². The number of amides is 1. The van der Waals surface area contributed by atoms with Crippen LogP contribution in [0.3, 0.4) is 0 Å². The molecule has 0 aliphatic carbocycles. The minimum Gasteiger partial charge on any atom is -0.497 e. The smallest absolute Gasteiger partial charge is 0.232 e. The molecule has 4 heteroatoms. The fourth-order valence-corrected chi connectivity index (χ4v) is 3.17. The van der Waals surface area contributed by atoms with Gasteiger partial charge in [-0.25, -0.2) is 0 Å². The fraction of sp³-hybridized carbons (Fsp3) is 0.130. The van der Waals surface area contributed by atoms with Crippen molar-refractivity contribution in [3.63, 3.8) is 0 Å². The van der Waals surface area contributed by atoms with E-state index in [2.05, 4.69) is 0 Å². The van der Waals surface area contributed by atoms with Gasteiger partial charge in [-0.3, -0.25) is 9.69 Å². The van der Waals surface area contributed by atoms with E-state index in [1.54, 1.807) is 12.0 Å². The van der Waals surface area contributed by atoms with Crippen molar-refractivity contribution in [2.75, 3.05) is 12.0 Å². The van der Waals surface area contributed by atoms with Crippen LogP contribution in [-0.4, -0.2) is 18.0 Å². The van der Waals surface area contributed by atoms with Gasteiger partial charge in [-0.05, 0) is 48.4 Å². The van der Waals surface area contributed by atoms with Crippen LogP contribution in [0.15, 0.2) is 84.9 Å². The molecule has 0 atom stereocenters. The van der Waals surface area contributed by atoms with Crippen LogP contribution in [0.5, 0.6) is 5.75 Å². The molecule has 3 rings (SSSR count). The van der Waals surface area contributed by atoms with Gasteiger partial charge in [0.1, 0.15) is 10.7 Å². The summed E-state index contributed by atoms with van der Waals surface area (Å²) >= 11 is 5.67. The average Bonchev–Trinajstić information content (AvgIpc) is 2.74. The zero-order valence-corrected chi connectivity index (χ0v) is 16.0. The monoisotopic (exact) mass is 375 g/mol. The van der Waals surface area contributed by atoms with Gasteiger partial charge < -0.3 is 4.74 Å². The van der Waals surface area contributed by atoms with Gasteiger partial charge >= 0.3 is 0 Å². The molecule has 0 saturated heterocycles. The van der Waals surface area contributed by atoms with Gasteiger partial charge in [-0.1, -0.05) is 60.7 Å². The normalized spacial score (nSPS) is 10.3. The third-order valence-corrected chi connectivity index (χ3v) is 4.69. The van der Waals surface area contributed by atoms with Gasteiger partial charge in [0.25, 0.3) is 0 Å². The molecule has 3 nitrogen and oxygen atoms in total. The summed E-state index contributed by atoms with van der Waals surface area (Å²) in [5.41, 5.74) is 2.72. The van der Waals surface area contributed by atoms with Gasteiger partial charge in [-0.15, -0.1) is 0 Å². The molecule has 3 aromatic carbocycles. The molecule has 0 aromatic heterocycles. The predicted molar refractivity (Wildman–Crippen MR) is 113 cm³/mol. The zero-order chi connectivity index (χ0) is 19.1. The molecule has 136 valence electrons. The first-order valence-corrected chi connectivity index (χ1v) is 9.20. The maximum Gasteiger partial charge on any atom is 0.232 e. The van der Waals surface area contributed by atoms with Crippen LogP contribution in [0.4, 0.5) is 5.69 Å². The Morgan fingerprint density at radius 3 is 2.07 bits per heavy atom. The van der Waals surface area contributed by atoms with Gasteiger partial charge in [0.15, 0.2) is 0 Å². The molecule has 0 fully saturated rings. The number of anilines is 1. The number of hydrogen-bond acceptors (Lipinski definition) is 3. The first-order chi connectivity index (χ1) is 13.2. The van der Waals surface area contributed by atoms with Crippen molar-refractivity contribution in [2.24, 2.45) is 0 Å². The largest absolute Gasteiger partial charge is 0.497 e. The SMILES string of the molecule is COc1ccc(C(=S)N(C(=O)CCc2ccccc2)c2ccccc2)cc1. The van der Waals surface area contributed by atoms with Crippen molar-refractivity contribution < 1.29 is 9.53 Å². The van der Waals surface area contributed by atoms with Crippen LogP contribution in [0, 0.1) is 0 Å². The molecule has 0 spiro atoms. The highest BCUT2D eigenvalue weighted by molar-refractivity contribution is 7.81. The Bertz CT molecular complexity index is 893. The number of nitrogens with zero attached hydrogens (tertiary/aromatic N) is 1. The number of para-hydroxylation sites is 1. The Morgan fingerprint density at radius 2 is 1.48 bits per heavy atom. The molecule has 0 unspecified atom stereocenters. The second kappa shape index (κ2) is 9.10. The highest BCUT2D eigenvalue weighted by Gasteiger charge is 2.21. The summed E-state index contributed by atoms with van der Waals surface area (Å²) in [6, 6.07) is 27.0. The number of methoxy groups -OCH3 is 1. The summed E-state index contributed by atoms with van der Waals surface area (Å²) in [6.07, 6.45) is 1.06. The number of thiocarbonyl (C=S) groups is 1. The minimum absolute atomic E-state index is 0.0223. The second-order valence-corrected chi connectivity index (χ2v) is 6.47. The van der Waals surface area contributed by atoms with Crippen molar-refractivity contribution in [1.82, 2.24) is 0 Å². The molecular formula is C23H21NO2S. The Balaban J connectivity index is 1.84. The lowest BCUT2D eigenvalue weighted by molar-refractivity contribution is -0.117. The van der Waals surface area contributed by atoms with E-state index in [9.17, 15) is 4.79 Å². The van der Waals surface area contributed by atoms with Crippen LogP contribution in [-0.2, 0) is 11.2 Å². The topological polar surface area (TPSA) is 29.5 Å². The number of ether oxygens (including phenoxy) is 1. The van der Waals surface area contributed by atoms with Crippen LogP contribution in [0.2, 0.25) is 0 Å². The number of benzene rings is 3. The minimum atomic E-state index is -0.0223. The van der Waals surface area contributed by atoms with Crippen LogP contribution in [0.1, 0.15) is 17.5 Å². The van der Waals surface area contributed by atoms with E-state index < -0.39 is 0 Å². The molecular weight excluding hydrogens is 354 g/mol. The maximum atomic E-state index is 13.1. The third kappa shape index (κ3) is 4.80. The van der Waals surface area contributed by atoms with E-state index >= 15 is 0 Å². The summed E-state index contributed by atoms with van der Waals surface area (Å²) in [6.45, 7) is 0. The third-order valence-electron chi connectivity index (χ3n) is 4.27. The standard InChI is InChI=1S/C23H21NO2S/c1-26-21-15-13-19(14-16-21)23(27)24(20-10-6-3-7-11-20)22(25)17-12-18-8-4-2-5-9-18/h2-11,13-16H,12,17H2,1H3. The van der Waals surface area contributed by atoms with Crippen LogP contribution >= 0.6 is 12.2 Å². The fourth-order valence-electron chi connectivity index (χ4n) is 2.82. The summed E-state index contributed by atoms with van der Waals surface area (Å²) in [5, 5.41) is 0. The van der Waals surface area contributed by atoms with Crippen molar-refractivity contribution in [3.05, 3.63) is 96.1 Å². The number of aryl methyl sites for hydroxylation is 1. The highest BCUT2D eigenvalue weighted by atomic mass is 32.1. The van der Waals surface area contributed by atoms with E-state index in [4.69, 9.17) is 17.0 Å². The molecule has 0 N–H and O–H groups in total. The molecule has 0 aliphatic heterocycles. The van der Waals surface area contributed by atoms with Crippen LogP contribution in [0.25, 0.3) is 0 Å². The van der Waals surface area contributed by atoms with Crippen molar-refractivity contribution in [3.8, 4) is 5.75 Å². The summed E-state index contributed by atoms with van der Waals surface area (Å²) in [5.74, 6) is 0.731. The van der Waals surface area contributed by atoms with E-state index in [-0.39, 0.29) is 5.91 Å². The molecule has 0 heterocycles. The van der Waals surface area contributed by atoms with Crippen molar-refractivity contribution >= 4 is 28.8 Å². The maximum absolute atomic E-state index is 13.1. The van der Waals surface area contributed by atoms with E-state index in [1.165, 1.54) is 0 Å². The molecule has 0 aliphatic rings. The number of rotatable bonds is 6. The first-order valence-electron chi connectivity index (χ1n) is 8.79. The van der Waals surface area contributed by atoms with Gasteiger partial charge in [0.05, 0.1) is 7.11 Å². The zero-order valence-electron chi connectivity index (χ0n) is 15.2. The van der Waals surface area contributed by atoms with Crippen LogP contribution < -0.4 is 9.64 Å². The first kappa shape index (κ1) is 18.8. The Hall–Kier alpha value is -2.98. The lowest BCUT2D eigenvalue weighted by Crippen LogP contribution is -2.36. The Labute approximate surface area is 165 Å². The van der Waals surface area contributed by atoms with Gasteiger partial charge in [0.2, 0.25) is 5.91 Å². The molecule has 3 aromatic rings. The Morgan fingerprint density at radius 1 is 0.889 bits per heavy atom. The molecule has 27 heavy (non-hydrogen) atoms. The second-order valence-electron chi connectivity index (χ2n) is 6.08. The van der Waals surface area contributed by atoms with Gasteiger partial charge in [-0.2, -0.15) is 0 Å². The lowest BCUT2D eigenvalue weighted by Gasteiger charge is -2.24. The van der Waals surface area contributed by atoms with Crippen molar-refractivity contribution in [1.29, 1.82) is 0 Å². The van der Waals surface area contributed by atoms with Gasteiger partial charge in [0, 0.05) is 17.7 Å². The molecule has 0 radical (unpaired) electrons. The quantitative estimate of drug-likeness (QED) is 0.566. The molecule has 0 bridgehead atoms.